The van der Waals surface area contributed by atoms with Gasteiger partial charge < -0.3 is 14.7 Å². The van der Waals surface area contributed by atoms with Crippen LogP contribution in [0.5, 0.6) is 0 Å². The van der Waals surface area contributed by atoms with Gasteiger partial charge in [0.25, 0.3) is 0 Å². The average Bonchev–Trinajstić information content (AvgIpc) is 2.89. The molecule has 1 aromatic heterocycles. The molecule has 2 aromatic rings. The number of halogens is 2. The topological polar surface area (TPSA) is 66.5 Å². The van der Waals surface area contributed by atoms with Gasteiger partial charge >= 0.3 is 0 Å². The molecule has 1 aromatic carbocycles. The molecular weight excluding hydrogens is 412 g/mol. The zero-order valence-electron chi connectivity index (χ0n) is 13.4. The van der Waals surface area contributed by atoms with Crippen LogP contribution in [0.4, 0.5) is 4.39 Å². The number of aromatic nitrogens is 2. The third-order valence-corrected chi connectivity index (χ3v) is 2.94. The van der Waals surface area contributed by atoms with Gasteiger partial charge in [0.2, 0.25) is 5.89 Å². The van der Waals surface area contributed by atoms with Crippen molar-refractivity contribution in [3.63, 3.8) is 0 Å². The summed E-state index contributed by atoms with van der Waals surface area (Å²) >= 11 is 0. The molecule has 0 unspecified atom stereocenters. The molecular formula is C15H21FIN5O. The molecule has 1 heterocycles. The zero-order chi connectivity index (χ0) is 15.9. The Morgan fingerprint density at radius 1 is 1.43 bits per heavy atom. The number of aryl methyl sites for hydroxylation is 1. The van der Waals surface area contributed by atoms with Crippen LogP contribution in [-0.4, -0.2) is 34.6 Å². The minimum absolute atomic E-state index is 0. The SMILES string of the molecule is CCNC(=NCc1nc(C)no1)N(C)Cc1cccc(F)c1.I. The van der Waals surface area contributed by atoms with Crippen LogP contribution in [-0.2, 0) is 13.1 Å². The number of aliphatic imine (C=N–C) groups is 1. The fourth-order valence-electron chi connectivity index (χ4n) is 2.00. The summed E-state index contributed by atoms with van der Waals surface area (Å²) in [6, 6.07) is 6.52. The summed E-state index contributed by atoms with van der Waals surface area (Å²) in [6.45, 7) is 5.33. The van der Waals surface area contributed by atoms with Crippen molar-refractivity contribution in [3.8, 4) is 0 Å². The Hall–Kier alpha value is -1.71. The summed E-state index contributed by atoms with van der Waals surface area (Å²) in [5.74, 6) is 1.51. The van der Waals surface area contributed by atoms with Crippen molar-refractivity contribution in [2.24, 2.45) is 4.99 Å². The molecule has 6 nitrogen and oxygen atoms in total. The molecule has 0 spiro atoms. The molecule has 23 heavy (non-hydrogen) atoms. The Morgan fingerprint density at radius 3 is 2.83 bits per heavy atom. The highest BCUT2D eigenvalue weighted by Crippen LogP contribution is 2.07. The van der Waals surface area contributed by atoms with Crippen molar-refractivity contribution < 1.29 is 8.91 Å². The summed E-state index contributed by atoms with van der Waals surface area (Å²) in [6.07, 6.45) is 0. The van der Waals surface area contributed by atoms with Crippen LogP contribution >= 0.6 is 24.0 Å². The molecule has 0 saturated heterocycles. The van der Waals surface area contributed by atoms with Crippen LogP contribution in [0.3, 0.4) is 0 Å². The quantitative estimate of drug-likeness (QED) is 0.447. The van der Waals surface area contributed by atoms with Crippen molar-refractivity contribution in [1.29, 1.82) is 0 Å². The molecule has 0 bridgehead atoms. The number of hydrogen-bond acceptors (Lipinski definition) is 4. The van der Waals surface area contributed by atoms with Crippen LogP contribution in [0.1, 0.15) is 24.2 Å². The molecule has 0 saturated carbocycles. The van der Waals surface area contributed by atoms with Crippen LogP contribution < -0.4 is 5.32 Å². The minimum Gasteiger partial charge on any atom is -0.357 e. The van der Waals surface area contributed by atoms with Gasteiger partial charge in [0, 0.05) is 20.1 Å². The number of guanidine groups is 1. The molecule has 0 radical (unpaired) electrons. The lowest BCUT2D eigenvalue weighted by molar-refractivity contribution is 0.375. The van der Waals surface area contributed by atoms with E-state index in [1.807, 2.05) is 24.9 Å². The average molecular weight is 433 g/mol. The first-order chi connectivity index (χ1) is 10.6. The first kappa shape index (κ1) is 19.3. The van der Waals surface area contributed by atoms with Crippen LogP contribution in [0, 0.1) is 12.7 Å². The molecule has 1 N–H and O–H groups in total. The monoisotopic (exact) mass is 433 g/mol. The molecule has 0 aliphatic rings. The molecule has 0 fully saturated rings. The highest BCUT2D eigenvalue weighted by atomic mass is 127. The van der Waals surface area contributed by atoms with Gasteiger partial charge in [-0.05, 0) is 31.5 Å². The highest BCUT2D eigenvalue weighted by Gasteiger charge is 2.08. The Bertz CT molecular complexity index is 646. The summed E-state index contributed by atoms with van der Waals surface area (Å²) in [4.78, 5) is 10.5. The smallest absolute Gasteiger partial charge is 0.248 e. The lowest BCUT2D eigenvalue weighted by atomic mass is 10.2. The fraction of sp³-hybridized carbons (Fsp3) is 0.400. The van der Waals surface area contributed by atoms with E-state index >= 15 is 0 Å². The maximum atomic E-state index is 13.2. The van der Waals surface area contributed by atoms with Gasteiger partial charge in [-0.2, -0.15) is 4.98 Å². The van der Waals surface area contributed by atoms with Crippen molar-refractivity contribution >= 4 is 29.9 Å². The van der Waals surface area contributed by atoms with Crippen LogP contribution in [0.15, 0.2) is 33.8 Å². The van der Waals surface area contributed by atoms with Gasteiger partial charge in [-0.1, -0.05) is 17.3 Å². The third-order valence-electron chi connectivity index (χ3n) is 2.94. The second kappa shape index (κ2) is 9.43. The van der Waals surface area contributed by atoms with Gasteiger partial charge in [0.15, 0.2) is 11.8 Å². The summed E-state index contributed by atoms with van der Waals surface area (Å²) in [5, 5.41) is 6.92. The first-order valence-electron chi connectivity index (χ1n) is 7.11. The highest BCUT2D eigenvalue weighted by molar-refractivity contribution is 14.0. The van der Waals surface area contributed by atoms with Crippen molar-refractivity contribution in [2.45, 2.75) is 26.9 Å². The normalized spacial score (nSPS) is 11.0. The molecule has 0 amide bonds. The Balaban J connectivity index is 0.00000264. The molecule has 126 valence electrons. The lowest BCUT2D eigenvalue weighted by Gasteiger charge is -2.22. The molecule has 0 aliphatic heterocycles. The van der Waals surface area contributed by atoms with Crippen molar-refractivity contribution in [1.82, 2.24) is 20.4 Å². The maximum absolute atomic E-state index is 13.2. The van der Waals surface area contributed by atoms with Gasteiger partial charge in [-0.15, -0.1) is 24.0 Å². The predicted molar refractivity (Wildman–Crippen MR) is 97.1 cm³/mol. The Labute approximate surface area is 152 Å². The van der Waals surface area contributed by atoms with E-state index in [0.717, 1.165) is 12.1 Å². The standard InChI is InChI=1S/C15H20FN5O.HI/c1-4-17-15(18-9-14-19-11(2)20-22-14)21(3)10-12-6-5-7-13(16)8-12;/h5-8H,4,9-10H2,1-3H3,(H,17,18);1H. The summed E-state index contributed by atoms with van der Waals surface area (Å²) in [5.41, 5.74) is 0.877. The maximum Gasteiger partial charge on any atom is 0.248 e. The van der Waals surface area contributed by atoms with E-state index in [1.165, 1.54) is 12.1 Å². The number of benzene rings is 1. The van der Waals surface area contributed by atoms with Gasteiger partial charge in [-0.3, -0.25) is 0 Å². The second-order valence-corrected chi connectivity index (χ2v) is 4.89. The molecule has 0 aliphatic carbocycles. The lowest BCUT2D eigenvalue weighted by Crippen LogP contribution is -2.38. The fourth-order valence-corrected chi connectivity index (χ4v) is 2.00. The largest absolute Gasteiger partial charge is 0.357 e. The van der Waals surface area contributed by atoms with E-state index in [0.29, 0.717) is 30.8 Å². The molecule has 8 heteroatoms. The van der Waals surface area contributed by atoms with Gasteiger partial charge in [0.1, 0.15) is 12.4 Å². The van der Waals surface area contributed by atoms with Gasteiger partial charge in [-0.25, -0.2) is 9.38 Å². The van der Waals surface area contributed by atoms with E-state index in [9.17, 15) is 4.39 Å². The van der Waals surface area contributed by atoms with E-state index in [2.05, 4.69) is 20.4 Å². The first-order valence-corrected chi connectivity index (χ1v) is 7.11. The second-order valence-electron chi connectivity index (χ2n) is 4.89. The molecule has 0 atom stereocenters. The van der Waals surface area contributed by atoms with E-state index < -0.39 is 0 Å². The van der Waals surface area contributed by atoms with Crippen LogP contribution in [0.25, 0.3) is 0 Å². The van der Waals surface area contributed by atoms with E-state index in [4.69, 9.17) is 4.52 Å². The molecule has 2 rings (SSSR count). The zero-order valence-corrected chi connectivity index (χ0v) is 15.7. The summed E-state index contributed by atoms with van der Waals surface area (Å²) in [7, 11) is 1.89. The Kier molecular flexibility index (Phi) is 7.93. The number of nitrogens with one attached hydrogen (secondary N) is 1. The van der Waals surface area contributed by atoms with E-state index in [-0.39, 0.29) is 29.8 Å². The summed E-state index contributed by atoms with van der Waals surface area (Å²) < 4.78 is 18.3. The number of rotatable bonds is 5. The minimum atomic E-state index is -0.242. The van der Waals surface area contributed by atoms with Gasteiger partial charge in [0.05, 0.1) is 0 Å². The van der Waals surface area contributed by atoms with E-state index in [1.54, 1.807) is 13.0 Å². The van der Waals surface area contributed by atoms with Crippen molar-refractivity contribution in [2.75, 3.05) is 13.6 Å². The van der Waals surface area contributed by atoms with Crippen LogP contribution in [0.2, 0.25) is 0 Å². The van der Waals surface area contributed by atoms with Crippen molar-refractivity contribution in [3.05, 3.63) is 47.4 Å². The predicted octanol–water partition coefficient (Wildman–Crippen LogP) is 2.73. The number of hydrogen-bond donors (Lipinski definition) is 1. The Morgan fingerprint density at radius 2 is 2.22 bits per heavy atom. The third kappa shape index (κ3) is 6.12. The number of nitrogens with zero attached hydrogens (tertiary/aromatic N) is 4.